The molecule has 0 aromatic heterocycles. The van der Waals surface area contributed by atoms with Crippen molar-refractivity contribution in [3.8, 4) is 17.2 Å². The summed E-state index contributed by atoms with van der Waals surface area (Å²) >= 11 is 15.7. The zero-order valence-corrected chi connectivity index (χ0v) is 16.7. The van der Waals surface area contributed by atoms with Crippen molar-refractivity contribution in [3.05, 3.63) is 48.5 Å². The lowest BCUT2D eigenvalue weighted by Gasteiger charge is -2.22. The van der Waals surface area contributed by atoms with E-state index in [1.807, 2.05) is 48.5 Å². The normalized spacial score (nSPS) is 13.2. The zero-order chi connectivity index (χ0) is 16.7. The lowest BCUT2D eigenvalue weighted by atomic mass is 10.3. The van der Waals surface area contributed by atoms with Gasteiger partial charge in [0.05, 0.1) is 7.11 Å². The fourth-order valence-electron chi connectivity index (χ4n) is 1.63. The third-order valence-electron chi connectivity index (χ3n) is 2.67. The molecule has 2 rings (SSSR count). The highest BCUT2D eigenvalue weighted by atomic mass is 32.9. The van der Waals surface area contributed by atoms with E-state index in [2.05, 4.69) is 25.3 Å². The van der Waals surface area contributed by atoms with Gasteiger partial charge in [-0.05, 0) is 77.5 Å². The number of hydrogen-bond donors (Lipinski definition) is 2. The Hall–Kier alpha value is -0.460. The molecule has 23 heavy (non-hydrogen) atoms. The van der Waals surface area contributed by atoms with Gasteiger partial charge in [-0.1, -0.05) is 0 Å². The highest BCUT2D eigenvalue weighted by molar-refractivity contribution is 8.68. The molecule has 0 radical (unpaired) electrons. The molecule has 0 fully saturated rings. The maximum atomic E-state index is 6.00. The predicted molar refractivity (Wildman–Crippen MR) is 109 cm³/mol. The van der Waals surface area contributed by atoms with Crippen LogP contribution in [0, 0.1) is 0 Å². The average Bonchev–Trinajstić information content (AvgIpc) is 2.56. The molecule has 0 saturated carbocycles. The molecule has 2 aromatic rings. The van der Waals surface area contributed by atoms with E-state index >= 15 is 0 Å². The number of ether oxygens (including phenoxy) is 1. The number of thiol groups is 2. The van der Waals surface area contributed by atoms with Crippen LogP contribution in [0.4, 0.5) is 0 Å². The fraction of sp³-hybridized carbons (Fsp3) is 0.200. The SMILES string of the molecule is COc1ccc(OP(=S)(Oc2ccc(S)cc2)SCCS)cc1. The first-order valence-corrected chi connectivity index (χ1v) is 12.0. The number of benzene rings is 2. The second-order valence-electron chi connectivity index (χ2n) is 4.36. The Bertz CT molecular complexity index is 661. The van der Waals surface area contributed by atoms with E-state index in [0.717, 1.165) is 16.4 Å². The number of methoxy groups -OCH3 is 1. The molecule has 0 N–H and O–H groups in total. The lowest BCUT2D eigenvalue weighted by Crippen LogP contribution is -1.99. The Balaban J connectivity index is 2.16. The first-order valence-electron chi connectivity index (χ1n) is 6.72. The van der Waals surface area contributed by atoms with Gasteiger partial charge in [0, 0.05) is 10.6 Å². The number of hydrogen-bond acceptors (Lipinski definition) is 7. The molecule has 0 aliphatic heterocycles. The molecule has 0 aliphatic rings. The van der Waals surface area contributed by atoms with Gasteiger partial charge in [0.2, 0.25) is 0 Å². The average molecular weight is 405 g/mol. The van der Waals surface area contributed by atoms with Crippen LogP contribution in [-0.4, -0.2) is 18.6 Å². The van der Waals surface area contributed by atoms with Crippen LogP contribution >= 0.6 is 42.3 Å². The van der Waals surface area contributed by atoms with Crippen LogP contribution in [0.1, 0.15) is 0 Å². The lowest BCUT2D eigenvalue weighted by molar-refractivity contribution is 0.414. The fourth-order valence-corrected chi connectivity index (χ4v) is 6.65. The van der Waals surface area contributed by atoms with E-state index in [0.29, 0.717) is 17.3 Å². The molecule has 0 saturated heterocycles. The summed E-state index contributed by atoms with van der Waals surface area (Å²) < 4.78 is 17.1. The second kappa shape index (κ2) is 9.14. The van der Waals surface area contributed by atoms with Gasteiger partial charge < -0.3 is 13.8 Å². The van der Waals surface area contributed by atoms with Crippen molar-refractivity contribution in [1.82, 2.24) is 0 Å². The minimum Gasteiger partial charge on any atom is -0.497 e. The standard InChI is InChI=1S/C15H17O3PS4/c1-16-12-2-4-13(5-3-12)17-19(22,23-11-10-20)18-14-6-8-15(21)9-7-14/h2-9,20-21H,10-11H2,1H3. The van der Waals surface area contributed by atoms with E-state index in [1.165, 1.54) is 11.4 Å². The maximum Gasteiger partial charge on any atom is 0.348 e. The molecule has 124 valence electrons. The van der Waals surface area contributed by atoms with Crippen LogP contribution in [0.5, 0.6) is 17.2 Å². The molecule has 0 bridgehead atoms. The van der Waals surface area contributed by atoms with Gasteiger partial charge >= 0.3 is 5.69 Å². The third-order valence-corrected chi connectivity index (χ3v) is 8.41. The molecule has 8 heteroatoms. The van der Waals surface area contributed by atoms with Crippen LogP contribution < -0.4 is 13.8 Å². The smallest absolute Gasteiger partial charge is 0.348 e. The van der Waals surface area contributed by atoms with Gasteiger partial charge in [0.15, 0.2) is 0 Å². The Morgan fingerprint density at radius 2 is 1.43 bits per heavy atom. The molecule has 3 nitrogen and oxygen atoms in total. The summed E-state index contributed by atoms with van der Waals surface area (Å²) in [6.45, 7) is 0. The van der Waals surface area contributed by atoms with Crippen LogP contribution in [0.15, 0.2) is 53.4 Å². The van der Waals surface area contributed by atoms with Crippen molar-refractivity contribution in [2.24, 2.45) is 0 Å². The zero-order valence-electron chi connectivity index (χ0n) is 12.4. The summed E-state index contributed by atoms with van der Waals surface area (Å²) in [6.07, 6.45) is 0. The summed E-state index contributed by atoms with van der Waals surface area (Å²) in [5.41, 5.74) is -2.58. The van der Waals surface area contributed by atoms with Crippen LogP contribution in [0.25, 0.3) is 0 Å². The van der Waals surface area contributed by atoms with E-state index in [-0.39, 0.29) is 0 Å². The summed E-state index contributed by atoms with van der Waals surface area (Å²) in [5, 5.41) is 0. The maximum absolute atomic E-state index is 6.00. The van der Waals surface area contributed by atoms with Gasteiger partial charge in [-0.2, -0.15) is 12.6 Å². The predicted octanol–water partition coefficient (Wildman–Crippen LogP) is 5.33. The van der Waals surface area contributed by atoms with Crippen LogP contribution in [0.3, 0.4) is 0 Å². The molecule has 0 amide bonds. The van der Waals surface area contributed by atoms with Crippen molar-refractivity contribution in [2.75, 3.05) is 18.6 Å². The van der Waals surface area contributed by atoms with Crippen molar-refractivity contribution >= 4 is 54.1 Å². The Kier molecular flexibility index (Phi) is 7.50. The van der Waals surface area contributed by atoms with Crippen molar-refractivity contribution in [2.45, 2.75) is 4.90 Å². The highest BCUT2D eigenvalue weighted by Gasteiger charge is 2.23. The minimum atomic E-state index is -2.58. The molecule has 1 unspecified atom stereocenters. The third kappa shape index (κ3) is 6.16. The number of rotatable bonds is 8. The molecule has 0 spiro atoms. The second-order valence-corrected chi connectivity index (χ2v) is 11.6. The van der Waals surface area contributed by atoms with Gasteiger partial charge in [0.25, 0.3) is 0 Å². The van der Waals surface area contributed by atoms with Crippen molar-refractivity contribution in [3.63, 3.8) is 0 Å². The molecule has 0 aliphatic carbocycles. The first kappa shape index (κ1) is 18.9. The van der Waals surface area contributed by atoms with E-state index in [4.69, 9.17) is 25.6 Å². The molecular formula is C15H17O3PS4. The topological polar surface area (TPSA) is 27.7 Å². The van der Waals surface area contributed by atoms with Crippen molar-refractivity contribution in [1.29, 1.82) is 0 Å². The summed E-state index contributed by atoms with van der Waals surface area (Å²) in [5.74, 6) is 3.55. The van der Waals surface area contributed by atoms with Crippen LogP contribution in [-0.2, 0) is 11.8 Å². The highest BCUT2D eigenvalue weighted by Crippen LogP contribution is 2.60. The molecule has 0 heterocycles. The molecular weight excluding hydrogens is 387 g/mol. The summed E-state index contributed by atoms with van der Waals surface area (Å²) in [6, 6.07) is 14.7. The summed E-state index contributed by atoms with van der Waals surface area (Å²) in [4.78, 5) is 0.865. The van der Waals surface area contributed by atoms with E-state index in [9.17, 15) is 0 Å². The Morgan fingerprint density at radius 1 is 0.957 bits per heavy atom. The van der Waals surface area contributed by atoms with Gasteiger partial charge in [-0.15, -0.1) is 12.6 Å². The van der Waals surface area contributed by atoms with E-state index < -0.39 is 5.69 Å². The molecule has 1 atom stereocenters. The van der Waals surface area contributed by atoms with E-state index in [1.54, 1.807) is 7.11 Å². The minimum absolute atomic E-state index is 0.659. The van der Waals surface area contributed by atoms with Crippen molar-refractivity contribution < 1.29 is 13.8 Å². The summed E-state index contributed by atoms with van der Waals surface area (Å²) in [7, 11) is 1.62. The largest absolute Gasteiger partial charge is 0.497 e. The van der Waals surface area contributed by atoms with Crippen LogP contribution in [0.2, 0.25) is 0 Å². The monoisotopic (exact) mass is 404 g/mol. The quantitative estimate of drug-likeness (QED) is 0.458. The first-order chi connectivity index (χ1) is 11.0. The van der Waals surface area contributed by atoms with Gasteiger partial charge in [0.1, 0.15) is 17.2 Å². The van der Waals surface area contributed by atoms with Gasteiger partial charge in [-0.25, -0.2) is 0 Å². The molecule has 2 aromatic carbocycles. The Labute approximate surface area is 156 Å². The Morgan fingerprint density at radius 3 is 1.91 bits per heavy atom. The van der Waals surface area contributed by atoms with Gasteiger partial charge in [-0.3, -0.25) is 0 Å².